The molecule has 3 rings (SSSR count). The van der Waals surface area contributed by atoms with Gasteiger partial charge in [-0.15, -0.1) is 0 Å². The molecule has 0 atom stereocenters. The number of furan rings is 1. The molecule has 0 radical (unpaired) electrons. The molecule has 0 spiro atoms. The van der Waals surface area contributed by atoms with Gasteiger partial charge in [-0.25, -0.2) is 0 Å². The summed E-state index contributed by atoms with van der Waals surface area (Å²) in [6.07, 6.45) is 6.73. The van der Waals surface area contributed by atoms with E-state index in [2.05, 4.69) is 21.2 Å². The van der Waals surface area contributed by atoms with Crippen LogP contribution in [-0.2, 0) is 16.1 Å². The van der Waals surface area contributed by atoms with Crippen molar-refractivity contribution >= 4 is 33.4 Å². The number of carbonyl (C=O) groups is 2. The van der Waals surface area contributed by atoms with E-state index < -0.39 is 0 Å². The monoisotopic (exact) mass is 418 g/mol. The highest BCUT2D eigenvalue weighted by atomic mass is 79.9. The summed E-state index contributed by atoms with van der Waals surface area (Å²) >= 11 is 3.42. The Labute approximate surface area is 161 Å². The Balaban J connectivity index is 1.69. The molecule has 0 unspecified atom stereocenters. The minimum Gasteiger partial charge on any atom is -0.467 e. The summed E-state index contributed by atoms with van der Waals surface area (Å²) < 4.78 is 6.20. The Bertz CT molecular complexity index is 739. The van der Waals surface area contributed by atoms with Crippen molar-refractivity contribution < 1.29 is 14.0 Å². The van der Waals surface area contributed by atoms with Gasteiger partial charge in [0.25, 0.3) is 0 Å². The summed E-state index contributed by atoms with van der Waals surface area (Å²) in [7, 11) is 0. The molecular formula is C20H23BrN2O3. The second kappa shape index (κ2) is 9.03. The molecule has 1 aliphatic carbocycles. The number of benzene rings is 1. The van der Waals surface area contributed by atoms with E-state index in [0.29, 0.717) is 18.0 Å². The Kier molecular flexibility index (Phi) is 6.50. The zero-order valence-electron chi connectivity index (χ0n) is 14.6. The second-order valence-corrected chi connectivity index (χ2v) is 7.49. The summed E-state index contributed by atoms with van der Waals surface area (Å²) in [4.78, 5) is 27.1. The molecule has 138 valence electrons. The summed E-state index contributed by atoms with van der Waals surface area (Å²) in [5.41, 5.74) is 0.695. The Hall–Kier alpha value is -2.08. The molecular weight excluding hydrogens is 396 g/mol. The summed E-state index contributed by atoms with van der Waals surface area (Å²) in [5, 5.41) is 2.87. The number of rotatable bonds is 6. The van der Waals surface area contributed by atoms with E-state index in [9.17, 15) is 9.59 Å². The number of anilines is 1. The summed E-state index contributed by atoms with van der Waals surface area (Å²) in [6, 6.07) is 11.0. The molecule has 1 aromatic heterocycles. The first kappa shape index (κ1) is 18.7. The van der Waals surface area contributed by atoms with E-state index in [1.165, 1.54) is 6.42 Å². The van der Waals surface area contributed by atoms with E-state index >= 15 is 0 Å². The highest BCUT2D eigenvalue weighted by Crippen LogP contribution is 2.26. The van der Waals surface area contributed by atoms with Gasteiger partial charge in [0.05, 0.1) is 18.5 Å². The van der Waals surface area contributed by atoms with Crippen molar-refractivity contribution in [2.24, 2.45) is 5.92 Å². The second-order valence-electron chi connectivity index (χ2n) is 6.64. The van der Waals surface area contributed by atoms with Gasteiger partial charge in [-0.1, -0.05) is 31.4 Å². The van der Waals surface area contributed by atoms with Gasteiger partial charge in [0.2, 0.25) is 11.8 Å². The van der Waals surface area contributed by atoms with Gasteiger partial charge < -0.3 is 14.6 Å². The number of hydrogen-bond donors (Lipinski definition) is 1. The predicted molar refractivity (Wildman–Crippen MR) is 103 cm³/mol. The lowest BCUT2D eigenvalue weighted by molar-refractivity contribution is -0.140. The van der Waals surface area contributed by atoms with Crippen LogP contribution in [0, 0.1) is 5.92 Å². The zero-order valence-corrected chi connectivity index (χ0v) is 16.2. The van der Waals surface area contributed by atoms with Crippen LogP contribution in [0.1, 0.15) is 37.9 Å². The minimum absolute atomic E-state index is 0.00923. The summed E-state index contributed by atoms with van der Waals surface area (Å²) in [6.45, 7) is 0.323. The maximum absolute atomic E-state index is 13.0. The van der Waals surface area contributed by atoms with Crippen LogP contribution in [0.3, 0.4) is 0 Å². The number of nitrogens with zero attached hydrogens (tertiary/aromatic N) is 1. The van der Waals surface area contributed by atoms with Crippen molar-refractivity contribution in [1.82, 2.24) is 4.90 Å². The first-order valence-electron chi connectivity index (χ1n) is 8.99. The number of nitrogens with one attached hydrogen (secondary N) is 1. The van der Waals surface area contributed by atoms with E-state index in [1.54, 1.807) is 17.2 Å². The minimum atomic E-state index is -0.215. The van der Waals surface area contributed by atoms with Crippen LogP contribution in [0.5, 0.6) is 0 Å². The molecule has 1 saturated carbocycles. The first-order chi connectivity index (χ1) is 12.6. The third-order valence-corrected chi connectivity index (χ3v) is 5.37. The fourth-order valence-electron chi connectivity index (χ4n) is 3.34. The molecule has 0 saturated heterocycles. The lowest BCUT2D eigenvalue weighted by atomic mass is 9.88. The number of amides is 2. The van der Waals surface area contributed by atoms with Crippen LogP contribution >= 0.6 is 15.9 Å². The van der Waals surface area contributed by atoms with Crippen molar-refractivity contribution in [3.05, 3.63) is 52.9 Å². The predicted octanol–water partition coefficient (Wildman–Crippen LogP) is 4.59. The third-order valence-electron chi connectivity index (χ3n) is 4.68. The van der Waals surface area contributed by atoms with Crippen molar-refractivity contribution in [3.63, 3.8) is 0 Å². The molecule has 1 heterocycles. The fraction of sp³-hybridized carbons (Fsp3) is 0.400. The maximum atomic E-state index is 13.0. The average Bonchev–Trinajstić information content (AvgIpc) is 3.16. The van der Waals surface area contributed by atoms with Gasteiger partial charge in [-0.05, 0) is 53.0 Å². The third kappa shape index (κ3) is 4.97. The molecule has 1 aromatic carbocycles. The van der Waals surface area contributed by atoms with E-state index in [4.69, 9.17) is 4.42 Å². The van der Waals surface area contributed by atoms with Crippen LogP contribution in [-0.4, -0.2) is 23.3 Å². The van der Waals surface area contributed by atoms with Crippen molar-refractivity contribution in [3.8, 4) is 0 Å². The van der Waals surface area contributed by atoms with Crippen LogP contribution in [0.25, 0.3) is 0 Å². The number of halogens is 1. The van der Waals surface area contributed by atoms with E-state index in [-0.39, 0.29) is 24.3 Å². The topological polar surface area (TPSA) is 62.6 Å². The molecule has 5 nitrogen and oxygen atoms in total. The van der Waals surface area contributed by atoms with Crippen molar-refractivity contribution in [2.45, 2.75) is 38.6 Å². The highest BCUT2D eigenvalue weighted by Gasteiger charge is 2.28. The normalized spacial score (nSPS) is 14.8. The van der Waals surface area contributed by atoms with Crippen LogP contribution in [0.2, 0.25) is 0 Å². The number of para-hydroxylation sites is 1. The quantitative estimate of drug-likeness (QED) is 0.745. The van der Waals surface area contributed by atoms with E-state index in [0.717, 1.165) is 30.2 Å². The smallest absolute Gasteiger partial charge is 0.244 e. The Morgan fingerprint density at radius 2 is 1.88 bits per heavy atom. The average molecular weight is 419 g/mol. The molecule has 2 amide bonds. The summed E-state index contributed by atoms with van der Waals surface area (Å²) in [5.74, 6) is 0.522. The van der Waals surface area contributed by atoms with E-state index in [1.807, 2.05) is 30.3 Å². The molecule has 1 aliphatic rings. The van der Waals surface area contributed by atoms with Crippen molar-refractivity contribution in [2.75, 3.05) is 11.9 Å². The molecule has 0 bridgehead atoms. The molecule has 1 fully saturated rings. The molecule has 1 N–H and O–H groups in total. The maximum Gasteiger partial charge on any atom is 0.244 e. The van der Waals surface area contributed by atoms with Gasteiger partial charge in [0.15, 0.2) is 0 Å². The Morgan fingerprint density at radius 3 is 2.58 bits per heavy atom. The van der Waals surface area contributed by atoms with Gasteiger partial charge >= 0.3 is 0 Å². The van der Waals surface area contributed by atoms with Crippen LogP contribution in [0.4, 0.5) is 5.69 Å². The molecule has 26 heavy (non-hydrogen) atoms. The standard InChI is InChI=1S/C20H23BrN2O3/c21-17-10-4-5-11-18(17)22-19(24)14-23(13-16-9-6-12-26-16)20(25)15-7-2-1-3-8-15/h4-6,9-12,15H,1-3,7-8,13-14H2,(H,22,24). The van der Waals surface area contributed by atoms with Gasteiger partial charge in [0.1, 0.15) is 12.3 Å². The highest BCUT2D eigenvalue weighted by molar-refractivity contribution is 9.10. The molecule has 0 aliphatic heterocycles. The number of hydrogen-bond acceptors (Lipinski definition) is 3. The van der Waals surface area contributed by atoms with Crippen LogP contribution in [0.15, 0.2) is 51.6 Å². The number of carbonyl (C=O) groups excluding carboxylic acids is 2. The lowest BCUT2D eigenvalue weighted by Crippen LogP contribution is -2.41. The van der Waals surface area contributed by atoms with Gasteiger partial charge in [-0.3, -0.25) is 9.59 Å². The molecule has 2 aromatic rings. The largest absolute Gasteiger partial charge is 0.467 e. The van der Waals surface area contributed by atoms with Gasteiger partial charge in [-0.2, -0.15) is 0 Å². The SMILES string of the molecule is O=C(CN(Cc1ccco1)C(=O)C1CCCCC1)Nc1ccccc1Br. The van der Waals surface area contributed by atoms with Gasteiger partial charge in [0, 0.05) is 10.4 Å². The lowest BCUT2D eigenvalue weighted by Gasteiger charge is -2.28. The van der Waals surface area contributed by atoms with Crippen LogP contribution < -0.4 is 5.32 Å². The fourth-order valence-corrected chi connectivity index (χ4v) is 3.72. The Morgan fingerprint density at radius 1 is 1.12 bits per heavy atom. The van der Waals surface area contributed by atoms with Crippen molar-refractivity contribution in [1.29, 1.82) is 0 Å². The zero-order chi connectivity index (χ0) is 18.4. The molecule has 6 heteroatoms. The first-order valence-corrected chi connectivity index (χ1v) is 9.78.